The molecule has 0 radical (unpaired) electrons. The summed E-state index contributed by atoms with van der Waals surface area (Å²) in [6, 6.07) is 12.9. The molecule has 21 heavy (non-hydrogen) atoms. The number of benzene rings is 1. The molecule has 0 amide bonds. The van der Waals surface area contributed by atoms with Crippen LogP contribution in [0.1, 0.15) is 29.8 Å². The molecule has 0 saturated carbocycles. The van der Waals surface area contributed by atoms with Crippen LogP contribution in [0.4, 0.5) is 0 Å². The van der Waals surface area contributed by atoms with Crippen molar-refractivity contribution in [3.63, 3.8) is 0 Å². The smallest absolute Gasteiger partial charge is 0.0753 e. The lowest BCUT2D eigenvalue weighted by atomic mass is 10.0. The first-order valence-corrected chi connectivity index (χ1v) is 8.78. The SMILES string of the molecule is CCCNC(c1cc(Br)cs1)c1cccc2cccnc12. The van der Waals surface area contributed by atoms with Gasteiger partial charge in [-0.3, -0.25) is 4.98 Å². The Morgan fingerprint density at radius 1 is 1.29 bits per heavy atom. The van der Waals surface area contributed by atoms with Gasteiger partial charge in [0, 0.05) is 31.9 Å². The summed E-state index contributed by atoms with van der Waals surface area (Å²) >= 11 is 5.33. The van der Waals surface area contributed by atoms with Gasteiger partial charge in [0.25, 0.3) is 0 Å². The van der Waals surface area contributed by atoms with Crippen LogP contribution in [0, 0.1) is 0 Å². The van der Waals surface area contributed by atoms with Gasteiger partial charge in [0.1, 0.15) is 0 Å². The molecule has 1 aromatic carbocycles. The highest BCUT2D eigenvalue weighted by molar-refractivity contribution is 9.10. The van der Waals surface area contributed by atoms with Crippen molar-refractivity contribution < 1.29 is 0 Å². The molecule has 2 nitrogen and oxygen atoms in total. The lowest BCUT2D eigenvalue weighted by molar-refractivity contribution is 0.608. The molecule has 0 aliphatic rings. The minimum atomic E-state index is 0.194. The van der Waals surface area contributed by atoms with Crippen LogP contribution in [-0.2, 0) is 0 Å². The van der Waals surface area contributed by atoms with E-state index in [1.165, 1.54) is 15.8 Å². The maximum atomic E-state index is 4.60. The maximum Gasteiger partial charge on any atom is 0.0753 e. The Kier molecular flexibility index (Phi) is 4.68. The number of thiophene rings is 1. The van der Waals surface area contributed by atoms with E-state index < -0.39 is 0 Å². The third kappa shape index (κ3) is 3.18. The van der Waals surface area contributed by atoms with E-state index in [-0.39, 0.29) is 6.04 Å². The first-order chi connectivity index (χ1) is 10.3. The number of pyridine rings is 1. The van der Waals surface area contributed by atoms with Gasteiger partial charge in [0.2, 0.25) is 0 Å². The molecule has 1 N–H and O–H groups in total. The minimum absolute atomic E-state index is 0.194. The molecule has 2 heterocycles. The van der Waals surface area contributed by atoms with Crippen molar-refractivity contribution in [3.8, 4) is 0 Å². The second-order valence-electron chi connectivity index (χ2n) is 4.98. The van der Waals surface area contributed by atoms with E-state index in [4.69, 9.17) is 0 Å². The Balaban J connectivity index is 2.09. The number of nitrogens with zero attached hydrogens (tertiary/aromatic N) is 1. The normalized spacial score (nSPS) is 12.7. The molecule has 3 aromatic rings. The first-order valence-electron chi connectivity index (χ1n) is 7.10. The third-order valence-electron chi connectivity index (χ3n) is 3.45. The van der Waals surface area contributed by atoms with Crippen molar-refractivity contribution in [2.24, 2.45) is 0 Å². The summed E-state index contributed by atoms with van der Waals surface area (Å²) in [4.78, 5) is 5.91. The second-order valence-corrected chi connectivity index (χ2v) is 6.84. The zero-order valence-corrected chi connectivity index (χ0v) is 14.2. The van der Waals surface area contributed by atoms with E-state index in [0.29, 0.717) is 0 Å². The molecule has 108 valence electrons. The molecule has 0 spiro atoms. The molecule has 3 rings (SSSR count). The summed E-state index contributed by atoms with van der Waals surface area (Å²) < 4.78 is 1.14. The quantitative estimate of drug-likeness (QED) is 0.680. The largest absolute Gasteiger partial charge is 0.306 e. The van der Waals surface area contributed by atoms with Gasteiger partial charge in [-0.2, -0.15) is 0 Å². The fraction of sp³-hybridized carbons (Fsp3) is 0.235. The highest BCUT2D eigenvalue weighted by Crippen LogP contribution is 2.33. The molecule has 1 atom stereocenters. The minimum Gasteiger partial charge on any atom is -0.306 e. The van der Waals surface area contributed by atoms with Crippen molar-refractivity contribution in [2.45, 2.75) is 19.4 Å². The lowest BCUT2D eigenvalue weighted by Gasteiger charge is -2.19. The molecule has 0 aliphatic carbocycles. The van der Waals surface area contributed by atoms with E-state index in [1.807, 2.05) is 12.3 Å². The number of nitrogens with one attached hydrogen (secondary N) is 1. The van der Waals surface area contributed by atoms with Gasteiger partial charge in [-0.25, -0.2) is 0 Å². The van der Waals surface area contributed by atoms with Crippen LogP contribution in [0.5, 0.6) is 0 Å². The number of halogens is 1. The van der Waals surface area contributed by atoms with Crippen molar-refractivity contribution in [3.05, 3.63) is 62.9 Å². The Morgan fingerprint density at radius 3 is 2.90 bits per heavy atom. The highest BCUT2D eigenvalue weighted by Gasteiger charge is 2.18. The van der Waals surface area contributed by atoms with Gasteiger partial charge < -0.3 is 5.32 Å². The molecule has 4 heteroatoms. The van der Waals surface area contributed by atoms with Crippen molar-refractivity contribution in [1.82, 2.24) is 10.3 Å². The number of hydrogen-bond donors (Lipinski definition) is 1. The predicted molar refractivity (Wildman–Crippen MR) is 93.9 cm³/mol. The molecular weight excluding hydrogens is 344 g/mol. The van der Waals surface area contributed by atoms with Crippen molar-refractivity contribution in [2.75, 3.05) is 6.54 Å². The summed E-state index contributed by atoms with van der Waals surface area (Å²) in [6.45, 7) is 3.18. The topological polar surface area (TPSA) is 24.9 Å². The molecule has 0 bridgehead atoms. The number of rotatable bonds is 5. The van der Waals surface area contributed by atoms with E-state index in [9.17, 15) is 0 Å². The van der Waals surface area contributed by atoms with E-state index in [1.54, 1.807) is 11.3 Å². The third-order valence-corrected chi connectivity index (χ3v) is 5.20. The Bertz CT molecular complexity index is 733. The van der Waals surface area contributed by atoms with Gasteiger partial charge >= 0.3 is 0 Å². The lowest BCUT2D eigenvalue weighted by Crippen LogP contribution is -2.22. The predicted octanol–water partition coefficient (Wildman–Crippen LogP) is 5.15. The average Bonchev–Trinajstić information content (AvgIpc) is 2.94. The van der Waals surface area contributed by atoms with Crippen molar-refractivity contribution >= 4 is 38.2 Å². The second kappa shape index (κ2) is 6.69. The average molecular weight is 361 g/mol. The van der Waals surface area contributed by atoms with Crippen LogP contribution in [-0.4, -0.2) is 11.5 Å². The van der Waals surface area contributed by atoms with Crippen LogP contribution in [0.2, 0.25) is 0 Å². The standard InChI is InChI=1S/C17H17BrN2S/c1-2-8-19-17(15-10-13(18)11-21-15)14-7-3-5-12-6-4-9-20-16(12)14/h3-7,9-11,17,19H,2,8H2,1H3. The first kappa shape index (κ1) is 14.7. The maximum absolute atomic E-state index is 4.60. The number of fused-ring (bicyclic) bond motifs is 1. The number of para-hydroxylation sites is 1. The van der Waals surface area contributed by atoms with Gasteiger partial charge in [-0.05, 0) is 41.0 Å². The Morgan fingerprint density at radius 2 is 2.14 bits per heavy atom. The molecule has 1 unspecified atom stereocenters. The van der Waals surface area contributed by atoms with Crippen LogP contribution in [0.15, 0.2) is 52.4 Å². The van der Waals surface area contributed by atoms with Crippen LogP contribution < -0.4 is 5.32 Å². The number of aromatic nitrogens is 1. The summed E-state index contributed by atoms with van der Waals surface area (Å²) in [5.74, 6) is 0. The molecule has 0 saturated heterocycles. The zero-order chi connectivity index (χ0) is 14.7. The van der Waals surface area contributed by atoms with Crippen LogP contribution in [0.3, 0.4) is 0 Å². The van der Waals surface area contributed by atoms with Crippen LogP contribution in [0.25, 0.3) is 10.9 Å². The zero-order valence-electron chi connectivity index (χ0n) is 11.8. The summed E-state index contributed by atoms with van der Waals surface area (Å²) in [7, 11) is 0. The molecular formula is C17H17BrN2S. The molecule has 2 aromatic heterocycles. The fourth-order valence-electron chi connectivity index (χ4n) is 2.49. The fourth-order valence-corrected chi connectivity index (χ4v) is 4.03. The van der Waals surface area contributed by atoms with Gasteiger partial charge in [-0.1, -0.05) is 31.2 Å². The van der Waals surface area contributed by atoms with E-state index in [2.05, 4.69) is 68.9 Å². The summed E-state index contributed by atoms with van der Waals surface area (Å²) in [5.41, 5.74) is 2.33. The molecule has 0 aliphatic heterocycles. The van der Waals surface area contributed by atoms with Gasteiger partial charge in [0.15, 0.2) is 0 Å². The number of hydrogen-bond acceptors (Lipinski definition) is 3. The highest BCUT2D eigenvalue weighted by atomic mass is 79.9. The summed E-state index contributed by atoms with van der Waals surface area (Å²) in [5, 5.41) is 6.98. The van der Waals surface area contributed by atoms with E-state index >= 15 is 0 Å². The summed E-state index contributed by atoms with van der Waals surface area (Å²) in [6.07, 6.45) is 2.98. The van der Waals surface area contributed by atoms with E-state index in [0.717, 1.165) is 23.0 Å². The monoisotopic (exact) mass is 360 g/mol. The Labute approximate surface area is 137 Å². The van der Waals surface area contributed by atoms with Gasteiger partial charge in [-0.15, -0.1) is 11.3 Å². The molecule has 0 fully saturated rings. The van der Waals surface area contributed by atoms with Gasteiger partial charge in [0.05, 0.1) is 11.6 Å². The Hall–Kier alpha value is -1.23. The van der Waals surface area contributed by atoms with Crippen molar-refractivity contribution in [1.29, 1.82) is 0 Å². The van der Waals surface area contributed by atoms with Crippen LogP contribution >= 0.6 is 27.3 Å².